The van der Waals surface area contributed by atoms with Crippen LogP contribution >= 0.6 is 0 Å². The third-order valence-corrected chi connectivity index (χ3v) is 8.69. The molecule has 44 heavy (non-hydrogen) atoms. The average molecular weight is 772 g/mol. The van der Waals surface area contributed by atoms with E-state index in [9.17, 15) is 8.78 Å². The van der Waals surface area contributed by atoms with Crippen molar-refractivity contribution >= 4 is 21.9 Å². The van der Waals surface area contributed by atoms with E-state index in [2.05, 4.69) is 82.9 Å². The molecule has 2 aromatic carbocycles. The largest absolute Gasteiger partial charge is 2.00 e. The quantitative estimate of drug-likeness (QED) is 0.114. The Kier molecular flexibility index (Phi) is 8.91. The van der Waals surface area contributed by atoms with Gasteiger partial charge in [-0.15, -0.1) is 18.2 Å². The first-order chi connectivity index (χ1) is 20.6. The molecule has 4 aromatic heterocycles. The summed E-state index contributed by atoms with van der Waals surface area (Å²) in [5.74, 6) is -1.42. The number of hydrogen-bond acceptors (Lipinski definition) is 4. The molecular formula is C36H34F2N4OPt. The minimum Gasteiger partial charge on any atom is -0.516 e. The Bertz CT molecular complexity index is 1960. The summed E-state index contributed by atoms with van der Waals surface area (Å²) in [6.45, 7) is 12.7. The Labute approximate surface area is 271 Å². The number of para-hydroxylation sites is 1. The summed E-state index contributed by atoms with van der Waals surface area (Å²) >= 11 is 0. The van der Waals surface area contributed by atoms with E-state index >= 15 is 0 Å². The molecule has 0 amide bonds. The van der Waals surface area contributed by atoms with Gasteiger partial charge in [0.25, 0.3) is 0 Å². The first-order valence-corrected chi connectivity index (χ1v) is 14.8. The number of nitrogens with zero attached hydrogens (tertiary/aromatic N) is 4. The second kappa shape index (κ2) is 12.4. The zero-order valence-corrected chi connectivity index (χ0v) is 27.9. The van der Waals surface area contributed by atoms with Gasteiger partial charge < -0.3 is 9.40 Å². The molecule has 0 saturated heterocycles. The summed E-state index contributed by atoms with van der Waals surface area (Å²) in [5, 5.41) is 7.22. The van der Waals surface area contributed by atoms with E-state index in [-0.39, 0.29) is 38.5 Å². The van der Waals surface area contributed by atoms with Gasteiger partial charge in [-0.25, -0.2) is 8.78 Å². The molecule has 6 aromatic rings. The molecule has 0 radical (unpaired) electrons. The van der Waals surface area contributed by atoms with Crippen molar-refractivity contribution in [1.82, 2.24) is 19.7 Å². The smallest absolute Gasteiger partial charge is 0.516 e. The molecule has 2 unspecified atom stereocenters. The molecule has 0 N–H and O–H groups in total. The van der Waals surface area contributed by atoms with Crippen LogP contribution in [0.5, 0.6) is 0 Å². The van der Waals surface area contributed by atoms with E-state index in [4.69, 9.17) is 14.5 Å². The Morgan fingerprint density at radius 2 is 1.61 bits per heavy atom. The van der Waals surface area contributed by atoms with Crippen molar-refractivity contribution in [2.75, 3.05) is 0 Å². The zero-order valence-electron chi connectivity index (χ0n) is 25.6. The van der Waals surface area contributed by atoms with Crippen molar-refractivity contribution in [3.05, 3.63) is 107 Å². The van der Waals surface area contributed by atoms with Gasteiger partial charge in [-0.2, -0.15) is 11.2 Å². The van der Waals surface area contributed by atoms with E-state index in [1.54, 1.807) is 0 Å². The maximum atomic E-state index is 14.8. The van der Waals surface area contributed by atoms with E-state index in [1.165, 1.54) is 0 Å². The maximum Gasteiger partial charge on any atom is 2.00 e. The number of aromatic nitrogens is 4. The summed E-state index contributed by atoms with van der Waals surface area (Å²) in [7, 11) is 0. The Balaban J connectivity index is 0.00000384. The number of pyridine rings is 2. The first kappa shape index (κ1) is 31.7. The standard InChI is InChI=1S/C36H34F2N4O.Pt/c1-7-21(3)23-17-28(26-14-16-34(37)40-35(26)38)39-32(18-23)36(5,6)33-20-29(22(4)8-2)42(41-33)24-13-15-31-27(19-24)25-11-9-10-12-30(25)43-31;/h9-12,15-22H,7-8H2,1-6H3;/q-2;+2. The molecule has 5 nitrogen and oxygen atoms in total. The Morgan fingerprint density at radius 3 is 2.34 bits per heavy atom. The fourth-order valence-corrected chi connectivity index (χ4v) is 5.44. The van der Waals surface area contributed by atoms with E-state index in [1.807, 2.05) is 35.0 Å². The normalized spacial score (nSPS) is 13.3. The van der Waals surface area contributed by atoms with Gasteiger partial charge in [0.15, 0.2) is 0 Å². The van der Waals surface area contributed by atoms with E-state index in [0.717, 1.165) is 69.2 Å². The zero-order chi connectivity index (χ0) is 30.5. The van der Waals surface area contributed by atoms with Gasteiger partial charge in [0.05, 0.1) is 11.1 Å². The predicted octanol–water partition coefficient (Wildman–Crippen LogP) is 9.46. The number of benzene rings is 2. The molecule has 228 valence electrons. The van der Waals surface area contributed by atoms with Gasteiger partial charge in [0.1, 0.15) is 17.5 Å². The summed E-state index contributed by atoms with van der Waals surface area (Å²) in [6.07, 6.45) is 1.83. The summed E-state index contributed by atoms with van der Waals surface area (Å²) in [5.41, 5.74) is 5.85. The second-order valence-corrected chi connectivity index (χ2v) is 11.9. The van der Waals surface area contributed by atoms with Gasteiger partial charge in [0.2, 0.25) is 0 Å². The van der Waals surface area contributed by atoms with Gasteiger partial charge >= 0.3 is 21.1 Å². The van der Waals surface area contributed by atoms with Crippen LogP contribution in [0.3, 0.4) is 0 Å². The third-order valence-electron chi connectivity index (χ3n) is 8.69. The van der Waals surface area contributed by atoms with Crippen LogP contribution in [0.1, 0.15) is 88.9 Å². The van der Waals surface area contributed by atoms with E-state index < -0.39 is 17.3 Å². The molecule has 8 heteroatoms. The topological polar surface area (TPSA) is 56.7 Å². The van der Waals surface area contributed by atoms with Crippen molar-refractivity contribution in [2.24, 2.45) is 0 Å². The minimum atomic E-state index is -0.932. The van der Waals surface area contributed by atoms with Crippen LogP contribution in [0.4, 0.5) is 8.78 Å². The van der Waals surface area contributed by atoms with Crippen molar-refractivity contribution in [3.8, 4) is 16.9 Å². The number of fused-ring (bicyclic) bond motifs is 3. The van der Waals surface area contributed by atoms with Gasteiger partial charge in [-0.3, -0.25) is 9.67 Å². The number of hydrogen-bond donors (Lipinski definition) is 0. The van der Waals surface area contributed by atoms with Crippen molar-refractivity contribution < 1.29 is 34.3 Å². The number of halogens is 2. The van der Waals surface area contributed by atoms with Crippen LogP contribution in [0.2, 0.25) is 0 Å². The number of rotatable bonds is 8. The van der Waals surface area contributed by atoms with Crippen molar-refractivity contribution in [3.63, 3.8) is 0 Å². The van der Waals surface area contributed by atoms with Crippen LogP contribution in [-0.4, -0.2) is 19.7 Å². The van der Waals surface area contributed by atoms with Gasteiger partial charge in [0, 0.05) is 22.4 Å². The fourth-order valence-electron chi connectivity index (χ4n) is 5.44. The van der Waals surface area contributed by atoms with Crippen molar-refractivity contribution in [1.29, 1.82) is 0 Å². The molecule has 0 fully saturated rings. The molecule has 0 aliphatic rings. The molecule has 4 heterocycles. The molecule has 6 rings (SSSR count). The molecule has 0 aliphatic carbocycles. The fraction of sp³-hybridized carbons (Fsp3) is 0.306. The molecule has 0 spiro atoms. The Hall–Kier alpha value is -3.70. The van der Waals surface area contributed by atoms with Crippen LogP contribution in [0.25, 0.3) is 38.9 Å². The van der Waals surface area contributed by atoms with Crippen LogP contribution in [-0.2, 0) is 26.5 Å². The second-order valence-electron chi connectivity index (χ2n) is 11.9. The molecule has 0 aliphatic heterocycles. The molecular weight excluding hydrogens is 737 g/mol. The van der Waals surface area contributed by atoms with Gasteiger partial charge in [-0.1, -0.05) is 74.5 Å². The SMILES string of the molecule is CCC(C)c1cc(-c2[c-]cc(F)nc2F)nc(C(C)(C)c2cc(C(C)CC)n(-c3[c-]cc4oc5ccccc5c4c3)n2)c1.[Pt+2]. The maximum absolute atomic E-state index is 14.8. The molecule has 0 saturated carbocycles. The van der Waals surface area contributed by atoms with Crippen molar-refractivity contribution in [2.45, 2.75) is 71.6 Å². The van der Waals surface area contributed by atoms with E-state index in [0.29, 0.717) is 5.69 Å². The average Bonchev–Trinajstić information content (AvgIpc) is 3.62. The summed E-state index contributed by atoms with van der Waals surface area (Å²) in [4.78, 5) is 8.28. The summed E-state index contributed by atoms with van der Waals surface area (Å²) in [6, 6.07) is 25.2. The van der Waals surface area contributed by atoms with Gasteiger partial charge in [-0.05, 0) is 68.1 Å². The first-order valence-electron chi connectivity index (χ1n) is 14.8. The van der Waals surface area contributed by atoms with Crippen LogP contribution in [0, 0.1) is 24.0 Å². The van der Waals surface area contributed by atoms with Crippen LogP contribution < -0.4 is 0 Å². The molecule has 0 bridgehead atoms. The Morgan fingerprint density at radius 1 is 0.864 bits per heavy atom. The monoisotopic (exact) mass is 771 g/mol. The predicted molar refractivity (Wildman–Crippen MR) is 165 cm³/mol. The number of furan rings is 1. The van der Waals surface area contributed by atoms with Crippen LogP contribution in [0.15, 0.2) is 65.1 Å². The molecule has 2 atom stereocenters. The minimum absolute atomic E-state index is 0. The summed E-state index contributed by atoms with van der Waals surface area (Å²) < 4.78 is 36.4. The third kappa shape index (κ3) is 5.63.